The van der Waals surface area contributed by atoms with Gasteiger partial charge in [-0.05, 0) is 6.92 Å². The number of carbonyl (C=O) groups is 1. The fourth-order valence-corrected chi connectivity index (χ4v) is 5.05. The normalized spacial score (nSPS) is 25.6. The van der Waals surface area contributed by atoms with E-state index in [1.807, 2.05) is 0 Å². The summed E-state index contributed by atoms with van der Waals surface area (Å²) in [6, 6.07) is 0. The molecular weight excluding hydrogens is 458 g/mol. The molecule has 3 aromatic heterocycles. The average Bonchev–Trinajstić information content (AvgIpc) is 3.44. The maximum atomic E-state index is 13.0. The molecule has 0 aromatic carbocycles. The summed E-state index contributed by atoms with van der Waals surface area (Å²) in [7, 11) is 0. The van der Waals surface area contributed by atoms with Crippen LogP contribution in [0.3, 0.4) is 0 Å². The van der Waals surface area contributed by atoms with Gasteiger partial charge in [0.25, 0.3) is 0 Å². The summed E-state index contributed by atoms with van der Waals surface area (Å²) >= 11 is 2.36. The quantitative estimate of drug-likeness (QED) is 0.285. The van der Waals surface area contributed by atoms with Crippen LogP contribution >= 0.6 is 22.7 Å². The van der Waals surface area contributed by atoms with Crippen molar-refractivity contribution in [2.45, 2.75) is 37.4 Å². The van der Waals surface area contributed by atoms with Gasteiger partial charge in [-0.1, -0.05) is 11.3 Å². The van der Waals surface area contributed by atoms with E-state index in [0.29, 0.717) is 31.3 Å². The molecule has 5 N–H and O–H groups in total. The van der Waals surface area contributed by atoms with Crippen molar-refractivity contribution in [3.05, 3.63) is 40.2 Å². The van der Waals surface area contributed by atoms with Crippen LogP contribution in [-0.4, -0.2) is 89.8 Å². The molecule has 1 fully saturated rings. The van der Waals surface area contributed by atoms with Gasteiger partial charge in [0, 0.05) is 18.9 Å². The molecule has 32 heavy (non-hydrogen) atoms. The Morgan fingerprint density at radius 3 is 2.59 bits per heavy atom. The molecule has 13 heteroatoms. The molecule has 3 aromatic rings. The second-order valence-electron chi connectivity index (χ2n) is 7.13. The Bertz CT molecular complexity index is 1080. The lowest BCUT2D eigenvalue weighted by Crippen LogP contribution is -2.60. The summed E-state index contributed by atoms with van der Waals surface area (Å²) in [6.45, 7) is 1.31. The molecule has 170 valence electrons. The van der Waals surface area contributed by atoms with Gasteiger partial charge in [-0.15, -0.1) is 11.3 Å². The van der Waals surface area contributed by atoms with E-state index in [9.17, 15) is 25.2 Å². The number of anilines is 1. The number of aliphatic hydroxyl groups is 4. The van der Waals surface area contributed by atoms with E-state index in [0.717, 1.165) is 11.3 Å². The van der Waals surface area contributed by atoms with Crippen molar-refractivity contribution < 1.29 is 30.0 Å². The van der Waals surface area contributed by atoms with Crippen molar-refractivity contribution in [3.63, 3.8) is 0 Å². The summed E-state index contributed by atoms with van der Waals surface area (Å²) in [6.07, 6.45) is 0.0861. The summed E-state index contributed by atoms with van der Waals surface area (Å²) in [4.78, 5) is 30.7. The smallest absolute Gasteiger partial charge is 0.216 e. The van der Waals surface area contributed by atoms with E-state index >= 15 is 0 Å². The Balaban J connectivity index is 1.43. The van der Waals surface area contributed by atoms with E-state index in [1.54, 1.807) is 25.5 Å². The third-order valence-corrected chi connectivity index (χ3v) is 7.09. The summed E-state index contributed by atoms with van der Waals surface area (Å²) in [5.74, 6) is -0.214. The summed E-state index contributed by atoms with van der Waals surface area (Å²) < 4.78 is 5.46. The van der Waals surface area contributed by atoms with Crippen molar-refractivity contribution in [2.75, 3.05) is 18.5 Å². The molecule has 0 spiro atoms. The van der Waals surface area contributed by atoms with Gasteiger partial charge in [-0.3, -0.25) is 14.8 Å². The highest BCUT2D eigenvalue weighted by atomic mass is 32.1. The van der Waals surface area contributed by atoms with E-state index in [4.69, 9.17) is 4.74 Å². The minimum atomic E-state index is -1.45. The molecule has 0 bridgehead atoms. The second-order valence-corrected chi connectivity index (χ2v) is 9.16. The lowest BCUT2D eigenvalue weighted by Gasteiger charge is -2.40. The molecule has 0 unspecified atom stereocenters. The van der Waals surface area contributed by atoms with E-state index < -0.39 is 37.1 Å². The van der Waals surface area contributed by atoms with Crippen molar-refractivity contribution in [1.29, 1.82) is 0 Å². The third kappa shape index (κ3) is 4.54. The average molecular weight is 480 g/mol. The third-order valence-electron chi connectivity index (χ3n) is 4.96. The number of ether oxygens (including phenoxy) is 1. The molecule has 0 aliphatic carbocycles. The topological polar surface area (TPSA) is 171 Å². The number of ketones is 1. The van der Waals surface area contributed by atoms with Crippen molar-refractivity contribution in [1.82, 2.24) is 19.9 Å². The molecule has 0 saturated carbocycles. The first kappa shape index (κ1) is 22.8. The van der Waals surface area contributed by atoms with Crippen molar-refractivity contribution in [2.24, 2.45) is 0 Å². The number of aliphatic hydroxyl groups excluding tert-OH is 4. The number of thiazole rings is 2. The summed E-state index contributed by atoms with van der Waals surface area (Å²) in [5.41, 5.74) is 1.18. The van der Waals surface area contributed by atoms with Crippen LogP contribution < -0.4 is 5.32 Å². The van der Waals surface area contributed by atoms with Crippen LogP contribution in [0.25, 0.3) is 10.7 Å². The van der Waals surface area contributed by atoms with Gasteiger partial charge >= 0.3 is 0 Å². The maximum Gasteiger partial charge on any atom is 0.216 e. The van der Waals surface area contributed by atoms with E-state index in [2.05, 4.69) is 25.3 Å². The maximum absolute atomic E-state index is 13.0. The standard InChI is InChI=1S/C19H21N5O6S2/c1-8-17(32-18(24-8)9-4-20-2-3-21-9)15(28)12-6-23-19(31-12)22-5-10-13(26)16(29)14(27)11(7-25)30-10/h2-4,6,10-11,13-14,16,25-27,29H,5,7H2,1H3,(H,22,23)/t10-,11-,13-,14-,16-/m1/s1. The van der Waals surface area contributed by atoms with E-state index in [1.165, 1.54) is 17.5 Å². The van der Waals surface area contributed by atoms with Crippen LogP contribution in [-0.2, 0) is 4.74 Å². The molecule has 0 radical (unpaired) electrons. The molecule has 11 nitrogen and oxygen atoms in total. The number of rotatable bonds is 7. The van der Waals surface area contributed by atoms with Gasteiger partial charge in [0.1, 0.15) is 41.2 Å². The molecule has 1 aliphatic heterocycles. The number of hydrogen-bond donors (Lipinski definition) is 5. The zero-order valence-electron chi connectivity index (χ0n) is 16.8. The van der Waals surface area contributed by atoms with Gasteiger partial charge in [0.2, 0.25) is 5.78 Å². The molecular formula is C19H21N5O6S2. The van der Waals surface area contributed by atoms with Gasteiger partial charge < -0.3 is 30.5 Å². The number of hydrogen-bond acceptors (Lipinski definition) is 13. The lowest BCUT2D eigenvalue weighted by molar-refractivity contribution is -0.225. The first-order valence-electron chi connectivity index (χ1n) is 9.67. The minimum absolute atomic E-state index is 0.0546. The monoisotopic (exact) mass is 479 g/mol. The number of nitrogens with zero attached hydrogens (tertiary/aromatic N) is 4. The number of aromatic nitrogens is 4. The van der Waals surface area contributed by atoms with Crippen molar-refractivity contribution >= 4 is 33.6 Å². The lowest BCUT2D eigenvalue weighted by atomic mass is 9.95. The fourth-order valence-electron chi connectivity index (χ4n) is 3.23. The van der Waals surface area contributed by atoms with Gasteiger partial charge in [0.05, 0.1) is 34.4 Å². The minimum Gasteiger partial charge on any atom is -0.394 e. The van der Waals surface area contributed by atoms with Crippen LogP contribution in [0.1, 0.15) is 20.2 Å². The molecule has 1 saturated heterocycles. The Labute approximate surface area is 190 Å². The van der Waals surface area contributed by atoms with Crippen LogP contribution in [0.5, 0.6) is 0 Å². The Morgan fingerprint density at radius 1 is 1.09 bits per heavy atom. The largest absolute Gasteiger partial charge is 0.394 e. The van der Waals surface area contributed by atoms with Gasteiger partial charge in [0.15, 0.2) is 5.13 Å². The Hall–Kier alpha value is -2.39. The SMILES string of the molecule is Cc1nc(-c2cnccn2)sc1C(=O)c1cnc(NC[C@H]2O[C@H](CO)[C@@H](O)[C@H](O)[C@@H]2O)s1. The first-order valence-corrected chi connectivity index (χ1v) is 11.3. The number of aryl methyl sites for hydroxylation is 1. The van der Waals surface area contributed by atoms with Crippen LogP contribution in [0.2, 0.25) is 0 Å². The highest BCUT2D eigenvalue weighted by Gasteiger charge is 2.43. The second kappa shape index (κ2) is 9.62. The van der Waals surface area contributed by atoms with E-state index in [-0.39, 0.29) is 12.3 Å². The zero-order chi connectivity index (χ0) is 22.8. The Kier molecular flexibility index (Phi) is 6.85. The van der Waals surface area contributed by atoms with Crippen molar-refractivity contribution in [3.8, 4) is 10.7 Å². The molecule has 5 atom stereocenters. The predicted molar refractivity (Wildman–Crippen MR) is 116 cm³/mol. The van der Waals surface area contributed by atoms with Gasteiger partial charge in [-0.2, -0.15) is 0 Å². The fraction of sp³-hybridized carbons (Fsp3) is 0.421. The van der Waals surface area contributed by atoms with Gasteiger partial charge in [-0.25, -0.2) is 9.97 Å². The summed E-state index contributed by atoms with van der Waals surface area (Å²) in [5, 5.41) is 43.1. The predicted octanol–water partition coefficient (Wildman–Crippen LogP) is -0.150. The zero-order valence-corrected chi connectivity index (χ0v) is 18.5. The number of nitrogens with one attached hydrogen (secondary N) is 1. The highest BCUT2D eigenvalue weighted by Crippen LogP contribution is 2.30. The molecule has 4 heterocycles. The number of carbonyl (C=O) groups excluding carboxylic acids is 1. The van der Waals surface area contributed by atoms with Crippen LogP contribution in [0.15, 0.2) is 24.8 Å². The molecule has 0 amide bonds. The molecule has 1 aliphatic rings. The highest BCUT2D eigenvalue weighted by molar-refractivity contribution is 7.20. The van der Waals surface area contributed by atoms with Crippen LogP contribution in [0.4, 0.5) is 5.13 Å². The molecule has 4 rings (SSSR count). The van der Waals surface area contributed by atoms with Crippen LogP contribution in [0, 0.1) is 6.92 Å². The Morgan fingerprint density at radius 2 is 1.88 bits per heavy atom. The first-order chi connectivity index (χ1) is 15.4.